The number of hydrogen-bond donors (Lipinski definition) is 1. The number of ether oxygens (including phenoxy) is 1. The highest BCUT2D eigenvalue weighted by atomic mass is 16.5. The third-order valence-electron chi connectivity index (χ3n) is 2.81. The molecule has 0 aliphatic rings. The lowest BCUT2D eigenvalue weighted by atomic mass is 9.98. The van der Waals surface area contributed by atoms with Gasteiger partial charge in [-0.2, -0.15) is 0 Å². The number of hydrogen-bond acceptors (Lipinski definition) is 3. The van der Waals surface area contributed by atoms with Gasteiger partial charge in [-0.05, 0) is 29.8 Å². The second-order valence-electron chi connectivity index (χ2n) is 3.97. The van der Waals surface area contributed by atoms with E-state index in [0.29, 0.717) is 16.9 Å². The SMILES string of the molecule is COc1ccc(C(=O)/C(=C/O)c2ccccc2)cc1. The number of ketones is 1. The summed E-state index contributed by atoms with van der Waals surface area (Å²) in [7, 11) is 1.57. The summed E-state index contributed by atoms with van der Waals surface area (Å²) in [4.78, 5) is 12.3. The second-order valence-corrected chi connectivity index (χ2v) is 3.97. The van der Waals surface area contributed by atoms with Gasteiger partial charge in [-0.15, -0.1) is 0 Å². The van der Waals surface area contributed by atoms with Crippen LogP contribution in [-0.4, -0.2) is 18.0 Å². The van der Waals surface area contributed by atoms with E-state index in [1.807, 2.05) is 18.2 Å². The highest BCUT2D eigenvalue weighted by molar-refractivity contribution is 6.28. The molecule has 96 valence electrons. The molecule has 2 aromatic rings. The summed E-state index contributed by atoms with van der Waals surface area (Å²) in [6.45, 7) is 0. The fourth-order valence-electron chi connectivity index (χ4n) is 1.78. The third kappa shape index (κ3) is 2.83. The zero-order valence-corrected chi connectivity index (χ0v) is 10.5. The number of carbonyl (C=O) groups excluding carboxylic acids is 1. The Morgan fingerprint density at radius 2 is 1.63 bits per heavy atom. The van der Waals surface area contributed by atoms with Crippen molar-refractivity contribution in [2.24, 2.45) is 0 Å². The molecule has 1 N–H and O–H groups in total. The summed E-state index contributed by atoms with van der Waals surface area (Å²) < 4.78 is 5.05. The van der Waals surface area contributed by atoms with E-state index in [0.717, 1.165) is 6.26 Å². The van der Waals surface area contributed by atoms with Crippen LogP contribution in [-0.2, 0) is 0 Å². The molecular formula is C16H14O3. The third-order valence-corrected chi connectivity index (χ3v) is 2.81. The number of allylic oxidation sites excluding steroid dienone is 1. The Hall–Kier alpha value is -2.55. The molecule has 0 aromatic heterocycles. The average molecular weight is 254 g/mol. The van der Waals surface area contributed by atoms with Crippen LogP contribution >= 0.6 is 0 Å². The summed E-state index contributed by atoms with van der Waals surface area (Å²) in [5.74, 6) is 0.460. The first-order valence-corrected chi connectivity index (χ1v) is 5.85. The van der Waals surface area contributed by atoms with Gasteiger partial charge in [0, 0.05) is 5.56 Å². The van der Waals surface area contributed by atoms with E-state index >= 15 is 0 Å². The van der Waals surface area contributed by atoms with Crippen LogP contribution in [0.3, 0.4) is 0 Å². The smallest absolute Gasteiger partial charge is 0.196 e. The van der Waals surface area contributed by atoms with Crippen LogP contribution in [0.4, 0.5) is 0 Å². The number of methoxy groups -OCH3 is 1. The lowest BCUT2D eigenvalue weighted by molar-refractivity contribution is 0.105. The Morgan fingerprint density at radius 3 is 2.16 bits per heavy atom. The molecule has 0 saturated carbocycles. The van der Waals surface area contributed by atoms with Crippen molar-refractivity contribution in [2.45, 2.75) is 0 Å². The van der Waals surface area contributed by atoms with Crippen molar-refractivity contribution in [2.75, 3.05) is 7.11 Å². The van der Waals surface area contributed by atoms with Gasteiger partial charge in [0.05, 0.1) is 18.9 Å². The normalized spacial score (nSPS) is 11.1. The molecule has 3 heteroatoms. The molecule has 0 amide bonds. The van der Waals surface area contributed by atoms with Crippen LogP contribution in [0.5, 0.6) is 5.75 Å². The molecule has 0 unspecified atom stereocenters. The Bertz CT molecular complexity index is 583. The van der Waals surface area contributed by atoms with Crippen LogP contribution in [0.15, 0.2) is 60.9 Å². The van der Waals surface area contributed by atoms with E-state index in [2.05, 4.69) is 0 Å². The fraction of sp³-hybridized carbons (Fsp3) is 0.0625. The van der Waals surface area contributed by atoms with Gasteiger partial charge in [0.25, 0.3) is 0 Å². The second kappa shape index (κ2) is 5.87. The van der Waals surface area contributed by atoms with E-state index in [4.69, 9.17) is 4.74 Å². The molecule has 0 radical (unpaired) electrons. The molecule has 19 heavy (non-hydrogen) atoms. The van der Waals surface area contributed by atoms with E-state index in [9.17, 15) is 9.90 Å². The maximum atomic E-state index is 12.3. The number of carbonyl (C=O) groups is 1. The minimum atomic E-state index is -0.226. The van der Waals surface area contributed by atoms with Gasteiger partial charge in [0.1, 0.15) is 5.75 Å². The van der Waals surface area contributed by atoms with Gasteiger partial charge in [0.2, 0.25) is 0 Å². The minimum absolute atomic E-state index is 0.226. The summed E-state index contributed by atoms with van der Waals surface area (Å²) >= 11 is 0. The molecule has 3 nitrogen and oxygen atoms in total. The predicted molar refractivity (Wildman–Crippen MR) is 74.4 cm³/mol. The van der Waals surface area contributed by atoms with Crippen LogP contribution in [0, 0.1) is 0 Å². The van der Waals surface area contributed by atoms with Crippen LogP contribution < -0.4 is 4.74 Å². The fourth-order valence-corrected chi connectivity index (χ4v) is 1.78. The quantitative estimate of drug-likeness (QED) is 0.516. The van der Waals surface area contributed by atoms with Gasteiger partial charge in [0.15, 0.2) is 5.78 Å². The van der Waals surface area contributed by atoms with Crippen molar-refractivity contribution in [1.82, 2.24) is 0 Å². The molecule has 0 aliphatic carbocycles. The topological polar surface area (TPSA) is 46.5 Å². The van der Waals surface area contributed by atoms with Crippen molar-refractivity contribution in [3.05, 3.63) is 72.0 Å². The Morgan fingerprint density at radius 1 is 1.00 bits per heavy atom. The molecule has 0 fully saturated rings. The summed E-state index contributed by atoms with van der Waals surface area (Å²) in [5, 5.41) is 9.30. The molecule has 2 aromatic carbocycles. The van der Waals surface area contributed by atoms with Crippen molar-refractivity contribution < 1.29 is 14.6 Å². The maximum Gasteiger partial charge on any atom is 0.196 e. The first kappa shape index (κ1) is 12.9. The number of Topliss-reactive ketones (excluding diaryl/α,β-unsaturated/α-hetero) is 1. The largest absolute Gasteiger partial charge is 0.515 e. The van der Waals surface area contributed by atoms with Crippen LogP contribution in [0.1, 0.15) is 15.9 Å². The maximum absolute atomic E-state index is 12.3. The molecule has 0 bridgehead atoms. The number of rotatable bonds is 4. The molecule has 0 atom stereocenters. The molecule has 0 spiro atoms. The van der Waals surface area contributed by atoms with E-state index in [-0.39, 0.29) is 11.4 Å². The van der Waals surface area contributed by atoms with Crippen LogP contribution in [0.25, 0.3) is 5.57 Å². The van der Waals surface area contributed by atoms with Gasteiger partial charge in [-0.1, -0.05) is 30.3 Å². The Kier molecular flexibility index (Phi) is 3.98. The number of benzene rings is 2. The first-order valence-electron chi connectivity index (χ1n) is 5.85. The van der Waals surface area contributed by atoms with Gasteiger partial charge in [-0.3, -0.25) is 4.79 Å². The summed E-state index contributed by atoms with van der Waals surface area (Å²) in [5.41, 5.74) is 1.46. The summed E-state index contributed by atoms with van der Waals surface area (Å²) in [6.07, 6.45) is 0.849. The molecule has 2 rings (SSSR count). The summed E-state index contributed by atoms with van der Waals surface area (Å²) in [6, 6.07) is 15.8. The highest BCUT2D eigenvalue weighted by Crippen LogP contribution is 2.20. The van der Waals surface area contributed by atoms with E-state index in [1.54, 1.807) is 43.5 Å². The Labute approximate surface area is 111 Å². The number of aliphatic hydroxyl groups excluding tert-OH is 1. The lowest BCUT2D eigenvalue weighted by Gasteiger charge is -2.06. The molecule has 0 aliphatic heterocycles. The molecule has 0 heterocycles. The van der Waals surface area contributed by atoms with Crippen molar-refractivity contribution >= 4 is 11.4 Å². The monoisotopic (exact) mass is 254 g/mol. The average Bonchev–Trinajstić information content (AvgIpc) is 2.49. The van der Waals surface area contributed by atoms with E-state index in [1.165, 1.54) is 0 Å². The van der Waals surface area contributed by atoms with E-state index < -0.39 is 0 Å². The Balaban J connectivity index is 2.31. The standard InChI is InChI=1S/C16H14O3/c1-19-14-9-7-13(8-10-14)16(18)15(11-17)12-5-3-2-4-6-12/h2-11,17H,1H3/b15-11+. The predicted octanol–water partition coefficient (Wildman–Crippen LogP) is 3.48. The lowest BCUT2D eigenvalue weighted by Crippen LogP contribution is -2.03. The zero-order valence-electron chi connectivity index (χ0n) is 10.5. The van der Waals surface area contributed by atoms with Crippen molar-refractivity contribution in [1.29, 1.82) is 0 Å². The number of aliphatic hydroxyl groups is 1. The minimum Gasteiger partial charge on any atom is -0.515 e. The zero-order chi connectivity index (χ0) is 13.7. The van der Waals surface area contributed by atoms with Gasteiger partial charge in [-0.25, -0.2) is 0 Å². The van der Waals surface area contributed by atoms with Crippen molar-refractivity contribution in [3.8, 4) is 5.75 Å². The van der Waals surface area contributed by atoms with Crippen LogP contribution in [0.2, 0.25) is 0 Å². The molecule has 0 saturated heterocycles. The van der Waals surface area contributed by atoms with Gasteiger partial charge < -0.3 is 9.84 Å². The van der Waals surface area contributed by atoms with Gasteiger partial charge >= 0.3 is 0 Å². The highest BCUT2D eigenvalue weighted by Gasteiger charge is 2.14. The molecular weight excluding hydrogens is 240 g/mol. The van der Waals surface area contributed by atoms with Crippen molar-refractivity contribution in [3.63, 3.8) is 0 Å². The first-order chi connectivity index (χ1) is 9.26.